The summed E-state index contributed by atoms with van der Waals surface area (Å²) < 4.78 is 5.91. The van der Waals surface area contributed by atoms with Crippen molar-refractivity contribution in [1.29, 1.82) is 0 Å². The summed E-state index contributed by atoms with van der Waals surface area (Å²) in [5.74, 6) is -0.348. The third kappa shape index (κ3) is 3.66. The molecule has 5 nitrogen and oxygen atoms in total. The van der Waals surface area contributed by atoms with Gasteiger partial charge in [0.2, 0.25) is 5.91 Å². The van der Waals surface area contributed by atoms with E-state index in [1.165, 1.54) is 0 Å². The van der Waals surface area contributed by atoms with E-state index in [1.54, 1.807) is 0 Å². The van der Waals surface area contributed by atoms with Crippen molar-refractivity contribution in [2.24, 2.45) is 5.41 Å². The Hall–Kier alpha value is -2.56. The fourth-order valence-electron chi connectivity index (χ4n) is 3.49. The van der Waals surface area contributed by atoms with Crippen molar-refractivity contribution < 1.29 is 19.4 Å². The summed E-state index contributed by atoms with van der Waals surface area (Å²) in [7, 11) is 0. The monoisotopic (exact) mass is 355 g/mol. The molecule has 0 bridgehead atoms. The summed E-state index contributed by atoms with van der Waals surface area (Å²) in [5, 5.41) is 14.4. The minimum absolute atomic E-state index is 0.0240. The third-order valence-electron chi connectivity index (χ3n) is 5.09. The van der Waals surface area contributed by atoms with Gasteiger partial charge < -0.3 is 15.2 Å². The number of carbonyl (C=O) groups excluding carboxylic acids is 1. The lowest BCUT2D eigenvalue weighted by Crippen LogP contribution is -2.42. The number of hydrogen-bond donors (Lipinski definition) is 2. The highest BCUT2D eigenvalue weighted by Crippen LogP contribution is 2.44. The quantitative estimate of drug-likeness (QED) is 0.790. The molecular formula is C21H25NO4. The molecular weight excluding hydrogens is 330 g/mol. The fraction of sp³-hybridized carbons (Fsp3) is 0.429. The zero-order valence-corrected chi connectivity index (χ0v) is 15.2. The van der Waals surface area contributed by atoms with Crippen LogP contribution in [0.2, 0.25) is 0 Å². The molecule has 2 N–H and O–H groups in total. The molecule has 0 spiro atoms. The van der Waals surface area contributed by atoms with E-state index in [4.69, 9.17) is 4.74 Å². The van der Waals surface area contributed by atoms with Gasteiger partial charge in [-0.15, -0.1) is 0 Å². The van der Waals surface area contributed by atoms with E-state index in [1.807, 2.05) is 50.2 Å². The summed E-state index contributed by atoms with van der Waals surface area (Å²) in [6.07, 6.45) is 2.08. The number of hydrogen-bond acceptors (Lipinski definition) is 3. The van der Waals surface area contributed by atoms with Crippen molar-refractivity contribution >= 4 is 22.6 Å². The number of benzene rings is 2. The number of ether oxygens (including phenoxy) is 1. The van der Waals surface area contributed by atoms with Crippen LogP contribution in [-0.2, 0) is 16.1 Å². The number of amides is 1. The summed E-state index contributed by atoms with van der Waals surface area (Å²) in [5.41, 5.74) is 0.0447. The van der Waals surface area contributed by atoms with Crippen LogP contribution in [0, 0.1) is 5.41 Å². The highest BCUT2D eigenvalue weighted by Gasteiger charge is 2.45. The number of nitrogens with one attached hydrogen (secondary N) is 1. The molecule has 1 saturated carbocycles. The van der Waals surface area contributed by atoms with Crippen molar-refractivity contribution in [3.63, 3.8) is 0 Å². The summed E-state index contributed by atoms with van der Waals surface area (Å²) in [6, 6.07) is 11.9. The smallest absolute Gasteiger partial charge is 0.310 e. The molecule has 2 aromatic rings. The molecule has 0 saturated heterocycles. The molecule has 1 amide bonds. The topological polar surface area (TPSA) is 75.6 Å². The van der Waals surface area contributed by atoms with Gasteiger partial charge in [-0.2, -0.15) is 0 Å². The van der Waals surface area contributed by atoms with Crippen LogP contribution < -0.4 is 10.1 Å². The van der Waals surface area contributed by atoms with Gasteiger partial charge in [-0.3, -0.25) is 9.59 Å². The molecule has 5 heteroatoms. The Bertz CT molecular complexity index is 824. The largest absolute Gasteiger partial charge is 0.491 e. The highest BCUT2D eigenvalue weighted by atomic mass is 16.5. The number of fused-ring (bicyclic) bond motifs is 1. The van der Waals surface area contributed by atoms with Crippen molar-refractivity contribution in [2.75, 3.05) is 0 Å². The molecule has 1 aliphatic carbocycles. The van der Waals surface area contributed by atoms with Gasteiger partial charge in [0.15, 0.2) is 0 Å². The lowest BCUT2D eigenvalue weighted by molar-refractivity contribution is -0.157. The fourth-order valence-corrected chi connectivity index (χ4v) is 3.49. The Labute approximate surface area is 153 Å². The second-order valence-corrected chi connectivity index (χ2v) is 7.32. The Morgan fingerprint density at radius 3 is 2.54 bits per heavy atom. The van der Waals surface area contributed by atoms with Crippen LogP contribution in [0.5, 0.6) is 5.75 Å². The van der Waals surface area contributed by atoms with Crippen molar-refractivity contribution in [3.05, 3.63) is 42.0 Å². The standard InChI is InChI=1S/C21H25NO4/c1-14(2)26-18-9-8-15-6-3-4-7-16(15)17(18)13-22-19(23)12-21(20(24)25)10-5-11-21/h3-4,6-9,14H,5,10-13H2,1-2H3,(H,22,23)(H,24,25). The van der Waals surface area contributed by atoms with Crippen LogP contribution in [-0.4, -0.2) is 23.1 Å². The van der Waals surface area contributed by atoms with Crippen LogP contribution in [0.3, 0.4) is 0 Å². The zero-order valence-electron chi connectivity index (χ0n) is 15.2. The lowest BCUT2D eigenvalue weighted by Gasteiger charge is -2.36. The Morgan fingerprint density at radius 1 is 1.19 bits per heavy atom. The van der Waals surface area contributed by atoms with Crippen LogP contribution >= 0.6 is 0 Å². The Morgan fingerprint density at radius 2 is 1.92 bits per heavy atom. The molecule has 138 valence electrons. The molecule has 26 heavy (non-hydrogen) atoms. The number of carboxylic acid groups (broad SMARTS) is 1. The first kappa shape index (κ1) is 18.2. The van der Waals surface area contributed by atoms with Gasteiger partial charge in [0.1, 0.15) is 5.75 Å². The number of carbonyl (C=O) groups is 2. The van der Waals surface area contributed by atoms with E-state index >= 15 is 0 Å². The maximum atomic E-state index is 12.4. The Kier molecular flexibility index (Phi) is 5.16. The molecule has 1 aliphatic rings. The van der Waals surface area contributed by atoms with Gasteiger partial charge in [0.25, 0.3) is 0 Å². The number of aliphatic carboxylic acids is 1. The van der Waals surface area contributed by atoms with E-state index in [2.05, 4.69) is 5.32 Å². The summed E-state index contributed by atoms with van der Waals surface area (Å²) >= 11 is 0. The molecule has 0 aromatic heterocycles. The maximum absolute atomic E-state index is 12.4. The molecule has 0 atom stereocenters. The van der Waals surface area contributed by atoms with Gasteiger partial charge >= 0.3 is 5.97 Å². The van der Waals surface area contributed by atoms with E-state index in [0.29, 0.717) is 19.4 Å². The van der Waals surface area contributed by atoms with E-state index in [0.717, 1.165) is 28.5 Å². The van der Waals surface area contributed by atoms with Gasteiger partial charge in [0, 0.05) is 18.5 Å². The van der Waals surface area contributed by atoms with Crippen LogP contribution in [0.4, 0.5) is 0 Å². The number of carboxylic acids is 1. The molecule has 0 radical (unpaired) electrons. The summed E-state index contributed by atoms with van der Waals surface area (Å²) in [4.78, 5) is 23.8. The first-order valence-electron chi connectivity index (χ1n) is 9.09. The average Bonchev–Trinajstić information content (AvgIpc) is 2.56. The molecule has 0 heterocycles. The molecule has 2 aromatic carbocycles. The van der Waals surface area contributed by atoms with Gasteiger partial charge in [0.05, 0.1) is 11.5 Å². The van der Waals surface area contributed by atoms with Gasteiger partial charge in [-0.25, -0.2) is 0 Å². The molecule has 0 unspecified atom stereocenters. The normalized spacial score (nSPS) is 15.5. The maximum Gasteiger partial charge on any atom is 0.310 e. The van der Waals surface area contributed by atoms with Gasteiger partial charge in [-0.1, -0.05) is 36.8 Å². The molecule has 1 fully saturated rings. The average molecular weight is 355 g/mol. The van der Waals surface area contributed by atoms with Crippen molar-refractivity contribution in [2.45, 2.75) is 52.2 Å². The van der Waals surface area contributed by atoms with E-state index < -0.39 is 11.4 Å². The minimum Gasteiger partial charge on any atom is -0.491 e. The lowest BCUT2D eigenvalue weighted by atomic mass is 9.66. The predicted molar refractivity (Wildman–Crippen MR) is 100 cm³/mol. The predicted octanol–water partition coefficient (Wildman–Crippen LogP) is 3.89. The van der Waals surface area contributed by atoms with Crippen LogP contribution in [0.15, 0.2) is 36.4 Å². The molecule has 3 rings (SSSR count). The molecule has 0 aliphatic heterocycles. The minimum atomic E-state index is -0.875. The number of rotatable bonds is 7. The van der Waals surface area contributed by atoms with Crippen LogP contribution in [0.25, 0.3) is 10.8 Å². The van der Waals surface area contributed by atoms with Crippen molar-refractivity contribution in [3.8, 4) is 5.75 Å². The first-order valence-corrected chi connectivity index (χ1v) is 9.09. The second-order valence-electron chi connectivity index (χ2n) is 7.32. The summed E-state index contributed by atoms with van der Waals surface area (Å²) in [6.45, 7) is 4.24. The highest BCUT2D eigenvalue weighted by molar-refractivity contribution is 5.89. The van der Waals surface area contributed by atoms with E-state index in [9.17, 15) is 14.7 Å². The second kappa shape index (κ2) is 7.36. The Balaban J connectivity index is 1.79. The van der Waals surface area contributed by atoms with Crippen molar-refractivity contribution in [1.82, 2.24) is 5.32 Å². The van der Waals surface area contributed by atoms with Gasteiger partial charge in [-0.05, 0) is 43.5 Å². The first-order chi connectivity index (χ1) is 12.4. The SMILES string of the molecule is CC(C)Oc1ccc2ccccc2c1CNC(=O)CC1(C(=O)O)CCC1. The van der Waals surface area contributed by atoms with Crippen LogP contribution in [0.1, 0.15) is 45.1 Å². The zero-order chi connectivity index (χ0) is 18.7. The van der Waals surface area contributed by atoms with E-state index in [-0.39, 0.29) is 18.4 Å². The third-order valence-corrected chi connectivity index (χ3v) is 5.09.